The maximum Gasteiger partial charge on any atom is 0.220 e. The molecule has 0 aromatic carbocycles. The van der Waals surface area contributed by atoms with E-state index in [-0.39, 0.29) is 12.5 Å². The zero-order valence-corrected chi connectivity index (χ0v) is 9.65. The van der Waals surface area contributed by atoms with Crippen LogP contribution in [0.1, 0.15) is 25.7 Å². The summed E-state index contributed by atoms with van der Waals surface area (Å²) in [4.78, 5) is 11.5. The van der Waals surface area contributed by atoms with Gasteiger partial charge in [-0.2, -0.15) is 0 Å². The fraction of sp³-hybridized carbons (Fsp3) is 0.750. The molecule has 1 amide bonds. The van der Waals surface area contributed by atoms with Crippen molar-refractivity contribution in [2.45, 2.75) is 25.7 Å². The second kappa shape index (κ2) is 8.30. The lowest BCUT2D eigenvalue weighted by atomic mass is 10.1. The van der Waals surface area contributed by atoms with E-state index in [1.165, 1.54) is 0 Å². The van der Waals surface area contributed by atoms with Gasteiger partial charge in [0.1, 0.15) is 0 Å². The van der Waals surface area contributed by atoms with Gasteiger partial charge in [0.15, 0.2) is 0 Å². The molecule has 0 spiro atoms. The van der Waals surface area contributed by atoms with Crippen molar-refractivity contribution in [3.05, 3.63) is 12.2 Å². The van der Waals surface area contributed by atoms with Crippen molar-refractivity contribution < 1.29 is 14.6 Å². The molecule has 4 nitrogen and oxygen atoms in total. The maximum absolute atomic E-state index is 11.5. The number of carbonyl (C=O) groups is 1. The molecular weight excluding hydrogens is 206 g/mol. The second-order valence-electron chi connectivity index (χ2n) is 4.01. The lowest BCUT2D eigenvalue weighted by Crippen LogP contribution is -2.26. The topological polar surface area (TPSA) is 58.6 Å². The second-order valence-corrected chi connectivity index (χ2v) is 4.01. The maximum atomic E-state index is 11.5. The summed E-state index contributed by atoms with van der Waals surface area (Å²) >= 11 is 0. The van der Waals surface area contributed by atoms with Crippen LogP contribution in [0.3, 0.4) is 0 Å². The van der Waals surface area contributed by atoms with E-state index in [9.17, 15) is 4.79 Å². The summed E-state index contributed by atoms with van der Waals surface area (Å²) in [5.41, 5.74) is 0. The van der Waals surface area contributed by atoms with Crippen LogP contribution in [0.5, 0.6) is 0 Å². The molecule has 1 aliphatic rings. The summed E-state index contributed by atoms with van der Waals surface area (Å²) in [5, 5.41) is 11.3. The minimum Gasteiger partial charge on any atom is -0.394 e. The molecule has 4 heteroatoms. The van der Waals surface area contributed by atoms with Crippen LogP contribution >= 0.6 is 0 Å². The van der Waals surface area contributed by atoms with Crippen LogP contribution in [0, 0.1) is 5.92 Å². The molecule has 0 saturated carbocycles. The predicted octanol–water partition coefficient (Wildman–Crippen LogP) is 0.858. The summed E-state index contributed by atoms with van der Waals surface area (Å²) in [6.45, 7) is 1.67. The summed E-state index contributed by atoms with van der Waals surface area (Å²) in [6.07, 6.45) is 7.88. The molecule has 2 N–H and O–H groups in total. The molecule has 0 radical (unpaired) electrons. The Balaban J connectivity index is 1.91. The van der Waals surface area contributed by atoms with Crippen LogP contribution < -0.4 is 5.32 Å². The first-order chi connectivity index (χ1) is 7.83. The van der Waals surface area contributed by atoms with Gasteiger partial charge in [-0.25, -0.2) is 0 Å². The van der Waals surface area contributed by atoms with Crippen LogP contribution in [0.4, 0.5) is 0 Å². The Morgan fingerprint density at radius 2 is 2.38 bits per heavy atom. The van der Waals surface area contributed by atoms with Crippen LogP contribution in [-0.4, -0.2) is 37.4 Å². The van der Waals surface area contributed by atoms with Crippen molar-refractivity contribution >= 4 is 5.91 Å². The summed E-state index contributed by atoms with van der Waals surface area (Å²) in [6, 6.07) is 0. The first-order valence-corrected chi connectivity index (χ1v) is 5.95. The average molecular weight is 227 g/mol. The first-order valence-electron chi connectivity index (χ1n) is 5.95. The van der Waals surface area contributed by atoms with Gasteiger partial charge in [-0.3, -0.25) is 4.79 Å². The molecule has 1 rings (SSSR count). The molecule has 92 valence electrons. The number of aliphatic hydroxyl groups excluding tert-OH is 1. The quantitative estimate of drug-likeness (QED) is 0.477. The number of ether oxygens (including phenoxy) is 1. The van der Waals surface area contributed by atoms with Gasteiger partial charge in [0.2, 0.25) is 5.91 Å². The monoisotopic (exact) mass is 227 g/mol. The van der Waals surface area contributed by atoms with E-state index in [0.717, 1.165) is 19.3 Å². The lowest BCUT2D eigenvalue weighted by Gasteiger charge is -2.08. The molecule has 0 saturated heterocycles. The Kier molecular flexibility index (Phi) is 6.85. The number of rotatable bonds is 8. The van der Waals surface area contributed by atoms with Crippen molar-refractivity contribution in [1.29, 1.82) is 0 Å². The Morgan fingerprint density at radius 1 is 1.50 bits per heavy atom. The van der Waals surface area contributed by atoms with Gasteiger partial charge < -0.3 is 15.2 Å². The van der Waals surface area contributed by atoms with E-state index < -0.39 is 0 Å². The molecule has 0 bridgehead atoms. The van der Waals surface area contributed by atoms with Crippen LogP contribution in [-0.2, 0) is 9.53 Å². The first kappa shape index (κ1) is 13.2. The van der Waals surface area contributed by atoms with Gasteiger partial charge in [0.05, 0.1) is 13.2 Å². The van der Waals surface area contributed by atoms with Crippen molar-refractivity contribution in [3.8, 4) is 0 Å². The summed E-state index contributed by atoms with van der Waals surface area (Å²) in [5.74, 6) is 0.560. The zero-order chi connectivity index (χ0) is 11.6. The smallest absolute Gasteiger partial charge is 0.220 e. The van der Waals surface area contributed by atoms with Crippen LogP contribution in [0.2, 0.25) is 0 Å². The average Bonchev–Trinajstić information content (AvgIpc) is 2.76. The molecule has 1 aliphatic carbocycles. The van der Waals surface area contributed by atoms with Gasteiger partial charge in [-0.05, 0) is 25.2 Å². The Hall–Kier alpha value is -0.870. The number of amides is 1. The fourth-order valence-corrected chi connectivity index (χ4v) is 1.74. The molecule has 0 aromatic rings. The van der Waals surface area contributed by atoms with Gasteiger partial charge >= 0.3 is 0 Å². The van der Waals surface area contributed by atoms with Crippen molar-refractivity contribution in [3.63, 3.8) is 0 Å². The molecule has 0 aliphatic heterocycles. The highest BCUT2D eigenvalue weighted by molar-refractivity contribution is 5.76. The van der Waals surface area contributed by atoms with Gasteiger partial charge in [-0.1, -0.05) is 12.2 Å². The zero-order valence-electron chi connectivity index (χ0n) is 9.65. The molecule has 16 heavy (non-hydrogen) atoms. The predicted molar refractivity (Wildman–Crippen MR) is 62.0 cm³/mol. The molecule has 1 unspecified atom stereocenters. The highest BCUT2D eigenvalue weighted by Gasteiger charge is 2.13. The highest BCUT2D eigenvalue weighted by atomic mass is 16.5. The largest absolute Gasteiger partial charge is 0.394 e. The molecular formula is C12H21NO3. The Labute approximate surface area is 96.7 Å². The van der Waals surface area contributed by atoms with Crippen molar-refractivity contribution in [2.75, 3.05) is 26.4 Å². The highest BCUT2D eigenvalue weighted by Crippen LogP contribution is 2.19. The van der Waals surface area contributed by atoms with E-state index in [0.29, 0.717) is 32.1 Å². The number of nitrogens with one attached hydrogen (secondary N) is 1. The third kappa shape index (κ3) is 5.88. The minimum atomic E-state index is 0.0559. The summed E-state index contributed by atoms with van der Waals surface area (Å²) in [7, 11) is 0. The van der Waals surface area contributed by atoms with E-state index >= 15 is 0 Å². The molecule has 0 heterocycles. The molecule has 0 aromatic heterocycles. The number of hydrogen-bond donors (Lipinski definition) is 2. The van der Waals surface area contributed by atoms with Gasteiger partial charge in [0, 0.05) is 19.6 Å². The van der Waals surface area contributed by atoms with Crippen LogP contribution in [0.25, 0.3) is 0 Å². The summed E-state index contributed by atoms with van der Waals surface area (Å²) < 4.78 is 5.09. The van der Waals surface area contributed by atoms with E-state index in [2.05, 4.69) is 17.5 Å². The van der Waals surface area contributed by atoms with Crippen LogP contribution in [0.15, 0.2) is 12.2 Å². The standard InChI is InChI=1S/C12H21NO3/c14-7-9-16-8-3-6-13-12(15)10-11-4-1-2-5-11/h1,4,11,14H,2-3,5-10H2,(H,13,15). The molecule has 0 fully saturated rings. The number of hydrogen-bond acceptors (Lipinski definition) is 3. The molecule has 1 atom stereocenters. The Bertz CT molecular complexity index is 228. The van der Waals surface area contributed by atoms with Gasteiger partial charge in [-0.15, -0.1) is 0 Å². The third-order valence-electron chi connectivity index (χ3n) is 2.58. The number of aliphatic hydroxyl groups is 1. The van der Waals surface area contributed by atoms with E-state index in [4.69, 9.17) is 9.84 Å². The number of carbonyl (C=O) groups excluding carboxylic acids is 1. The normalized spacial score (nSPS) is 18.9. The minimum absolute atomic E-state index is 0.0559. The SMILES string of the molecule is O=C(CC1C=CCC1)NCCCOCCO. The van der Waals surface area contributed by atoms with Crippen molar-refractivity contribution in [1.82, 2.24) is 5.32 Å². The van der Waals surface area contributed by atoms with Gasteiger partial charge in [0.25, 0.3) is 0 Å². The third-order valence-corrected chi connectivity index (χ3v) is 2.58. The fourth-order valence-electron chi connectivity index (χ4n) is 1.74. The van der Waals surface area contributed by atoms with E-state index in [1.54, 1.807) is 0 Å². The van der Waals surface area contributed by atoms with Crippen molar-refractivity contribution in [2.24, 2.45) is 5.92 Å². The Morgan fingerprint density at radius 3 is 3.06 bits per heavy atom. The lowest BCUT2D eigenvalue weighted by molar-refractivity contribution is -0.121. The number of allylic oxidation sites excluding steroid dienone is 2. The van der Waals surface area contributed by atoms with E-state index in [1.807, 2.05) is 0 Å².